The van der Waals surface area contributed by atoms with Crippen molar-refractivity contribution in [3.05, 3.63) is 28.2 Å². The minimum absolute atomic E-state index is 0.0681. The van der Waals surface area contributed by atoms with E-state index in [1.807, 2.05) is 6.92 Å². The number of aromatic nitrogens is 2. The van der Waals surface area contributed by atoms with Crippen molar-refractivity contribution < 1.29 is 9.18 Å². The van der Waals surface area contributed by atoms with Gasteiger partial charge in [-0.05, 0) is 28.9 Å². The second-order valence-electron chi connectivity index (χ2n) is 4.41. The zero-order valence-electron chi connectivity index (χ0n) is 11.2. The van der Waals surface area contributed by atoms with Crippen molar-refractivity contribution in [1.82, 2.24) is 14.5 Å². The summed E-state index contributed by atoms with van der Waals surface area (Å²) < 4.78 is 15.7. The van der Waals surface area contributed by atoms with Crippen molar-refractivity contribution in [1.29, 1.82) is 0 Å². The quantitative estimate of drug-likeness (QED) is 0.784. The molecule has 4 nitrogen and oxygen atoms in total. The van der Waals surface area contributed by atoms with Gasteiger partial charge in [-0.25, -0.2) is 9.37 Å². The van der Waals surface area contributed by atoms with E-state index in [-0.39, 0.29) is 18.3 Å². The van der Waals surface area contributed by atoms with E-state index in [9.17, 15) is 9.18 Å². The molecular formula is C13H14BrClFN3O. The Balaban J connectivity index is 2.50. The molecule has 1 aromatic carbocycles. The van der Waals surface area contributed by atoms with Gasteiger partial charge >= 0.3 is 0 Å². The van der Waals surface area contributed by atoms with Crippen LogP contribution < -0.4 is 0 Å². The molecule has 20 heavy (non-hydrogen) atoms. The first-order chi connectivity index (χ1) is 9.47. The Hall–Kier alpha value is -1.14. The molecule has 0 fully saturated rings. The number of carbonyl (C=O) groups excluding carboxylic acids is 1. The summed E-state index contributed by atoms with van der Waals surface area (Å²) in [4.78, 5) is 18.0. The summed E-state index contributed by atoms with van der Waals surface area (Å²) in [6, 6.07) is 2.95. The minimum atomic E-state index is -0.393. The number of hydrogen-bond acceptors (Lipinski definition) is 2. The number of nitrogens with zero attached hydrogens (tertiary/aromatic N) is 3. The highest BCUT2D eigenvalue weighted by molar-refractivity contribution is 9.10. The molecule has 2 rings (SSSR count). The Labute approximate surface area is 129 Å². The molecule has 0 N–H and O–H groups in total. The molecule has 0 aliphatic rings. The number of halogens is 3. The first-order valence-corrected chi connectivity index (χ1v) is 7.44. The number of carbonyl (C=O) groups is 1. The SMILES string of the molecule is CCN(C)C(=O)Cn1c(CCl)nc2cc(Br)c(F)cc21. The summed E-state index contributed by atoms with van der Waals surface area (Å²) in [6.45, 7) is 2.61. The normalized spacial score (nSPS) is 11.1. The highest BCUT2D eigenvalue weighted by atomic mass is 79.9. The molecule has 1 heterocycles. The monoisotopic (exact) mass is 361 g/mol. The standard InChI is InChI=1S/C13H14BrClFN3O/c1-3-18(2)13(20)7-19-11-5-9(16)8(14)4-10(11)17-12(19)6-15/h4-5H,3,6-7H2,1-2H3. The number of hydrogen-bond donors (Lipinski definition) is 0. The number of rotatable bonds is 4. The highest BCUT2D eigenvalue weighted by Crippen LogP contribution is 2.25. The van der Waals surface area contributed by atoms with Gasteiger partial charge in [0.05, 0.1) is 21.4 Å². The molecule has 0 bridgehead atoms. The third kappa shape index (κ3) is 2.81. The van der Waals surface area contributed by atoms with E-state index in [1.165, 1.54) is 6.07 Å². The molecular weight excluding hydrogens is 349 g/mol. The van der Waals surface area contributed by atoms with Crippen LogP contribution in [-0.4, -0.2) is 34.0 Å². The number of imidazole rings is 1. The van der Waals surface area contributed by atoms with Crippen molar-refractivity contribution in [2.24, 2.45) is 0 Å². The lowest BCUT2D eigenvalue weighted by Gasteiger charge is -2.16. The molecule has 0 aliphatic heterocycles. The fourth-order valence-electron chi connectivity index (χ4n) is 1.88. The molecule has 0 aliphatic carbocycles. The molecule has 108 valence electrons. The average Bonchev–Trinajstić information content (AvgIpc) is 2.76. The van der Waals surface area contributed by atoms with Gasteiger partial charge in [0.25, 0.3) is 0 Å². The predicted molar refractivity (Wildman–Crippen MR) is 80.3 cm³/mol. The summed E-state index contributed by atoms with van der Waals surface area (Å²) in [7, 11) is 1.72. The van der Waals surface area contributed by atoms with E-state index >= 15 is 0 Å². The van der Waals surface area contributed by atoms with Crippen molar-refractivity contribution in [3.8, 4) is 0 Å². The van der Waals surface area contributed by atoms with Gasteiger partial charge in [0, 0.05) is 19.7 Å². The molecule has 0 atom stereocenters. The Morgan fingerprint density at radius 3 is 2.85 bits per heavy atom. The first-order valence-electron chi connectivity index (χ1n) is 6.12. The van der Waals surface area contributed by atoms with E-state index < -0.39 is 5.82 Å². The molecule has 0 unspecified atom stereocenters. The van der Waals surface area contributed by atoms with Crippen LogP contribution in [0.25, 0.3) is 11.0 Å². The summed E-state index contributed by atoms with van der Waals surface area (Å²) in [5.74, 6) is 0.256. The van der Waals surface area contributed by atoms with Crippen molar-refractivity contribution in [3.63, 3.8) is 0 Å². The van der Waals surface area contributed by atoms with Gasteiger partial charge in [-0.1, -0.05) is 0 Å². The highest BCUT2D eigenvalue weighted by Gasteiger charge is 2.16. The van der Waals surface area contributed by atoms with E-state index in [0.717, 1.165) is 0 Å². The predicted octanol–water partition coefficient (Wildman–Crippen LogP) is 3.16. The molecule has 7 heteroatoms. The zero-order chi connectivity index (χ0) is 14.9. The van der Waals surface area contributed by atoms with Crippen LogP contribution in [0, 0.1) is 5.82 Å². The van der Waals surface area contributed by atoms with Crippen molar-refractivity contribution in [2.75, 3.05) is 13.6 Å². The maximum absolute atomic E-state index is 13.7. The molecule has 2 aromatic rings. The maximum Gasteiger partial charge on any atom is 0.242 e. The lowest BCUT2D eigenvalue weighted by Crippen LogP contribution is -2.30. The van der Waals surface area contributed by atoms with Crippen LogP contribution in [0.1, 0.15) is 12.7 Å². The van der Waals surface area contributed by atoms with E-state index in [1.54, 1.807) is 22.6 Å². The van der Waals surface area contributed by atoms with Gasteiger partial charge in [-0.2, -0.15) is 0 Å². The van der Waals surface area contributed by atoms with E-state index in [0.29, 0.717) is 27.9 Å². The molecule has 0 spiro atoms. The number of likely N-dealkylation sites (N-methyl/N-ethyl adjacent to an activating group) is 1. The first kappa shape index (κ1) is 15.3. The van der Waals surface area contributed by atoms with Gasteiger partial charge in [0.15, 0.2) is 0 Å². The van der Waals surface area contributed by atoms with E-state index in [2.05, 4.69) is 20.9 Å². The lowest BCUT2D eigenvalue weighted by molar-refractivity contribution is -0.130. The molecule has 1 aromatic heterocycles. The number of fused-ring (bicyclic) bond motifs is 1. The van der Waals surface area contributed by atoms with Crippen molar-refractivity contribution in [2.45, 2.75) is 19.3 Å². The van der Waals surface area contributed by atoms with Crippen LogP contribution in [-0.2, 0) is 17.2 Å². The van der Waals surface area contributed by atoms with Gasteiger partial charge < -0.3 is 9.47 Å². The third-order valence-corrected chi connectivity index (χ3v) is 4.03. The second-order valence-corrected chi connectivity index (χ2v) is 5.53. The van der Waals surface area contributed by atoms with Crippen molar-refractivity contribution >= 4 is 44.5 Å². The molecule has 0 saturated carbocycles. The number of alkyl halides is 1. The summed E-state index contributed by atoms with van der Waals surface area (Å²) in [6.07, 6.45) is 0. The van der Waals surface area contributed by atoms with Gasteiger partial charge in [-0.15, -0.1) is 11.6 Å². The van der Waals surface area contributed by atoms with Crippen LogP contribution >= 0.6 is 27.5 Å². The summed E-state index contributed by atoms with van der Waals surface area (Å²) >= 11 is 8.99. The van der Waals surface area contributed by atoms with Crippen LogP contribution in [0.15, 0.2) is 16.6 Å². The van der Waals surface area contributed by atoms with Gasteiger partial charge in [0.1, 0.15) is 18.2 Å². The van der Waals surface area contributed by atoms with Crippen LogP contribution in [0.4, 0.5) is 4.39 Å². The Bertz CT molecular complexity index is 659. The Kier molecular flexibility index (Phi) is 4.65. The summed E-state index contributed by atoms with van der Waals surface area (Å²) in [5.41, 5.74) is 1.18. The topological polar surface area (TPSA) is 38.1 Å². The summed E-state index contributed by atoms with van der Waals surface area (Å²) in [5, 5.41) is 0. The second kappa shape index (κ2) is 6.10. The number of amides is 1. The van der Waals surface area contributed by atoms with Gasteiger partial charge in [-0.3, -0.25) is 4.79 Å². The van der Waals surface area contributed by atoms with Crippen LogP contribution in [0.5, 0.6) is 0 Å². The van der Waals surface area contributed by atoms with Crippen LogP contribution in [0.3, 0.4) is 0 Å². The fourth-order valence-corrected chi connectivity index (χ4v) is 2.42. The average molecular weight is 363 g/mol. The minimum Gasteiger partial charge on any atom is -0.344 e. The van der Waals surface area contributed by atoms with E-state index in [4.69, 9.17) is 11.6 Å². The Morgan fingerprint density at radius 2 is 2.25 bits per heavy atom. The zero-order valence-corrected chi connectivity index (χ0v) is 13.5. The Morgan fingerprint density at radius 1 is 1.55 bits per heavy atom. The maximum atomic E-state index is 13.7. The molecule has 0 radical (unpaired) electrons. The third-order valence-electron chi connectivity index (χ3n) is 3.18. The molecule has 0 saturated heterocycles. The molecule has 1 amide bonds. The lowest BCUT2D eigenvalue weighted by atomic mass is 10.3. The fraction of sp³-hybridized carbons (Fsp3) is 0.385. The smallest absolute Gasteiger partial charge is 0.242 e. The number of benzene rings is 1. The van der Waals surface area contributed by atoms with Crippen LogP contribution in [0.2, 0.25) is 0 Å². The largest absolute Gasteiger partial charge is 0.344 e. The van der Waals surface area contributed by atoms with Gasteiger partial charge in [0.2, 0.25) is 5.91 Å².